The molecule has 0 saturated heterocycles. The van der Waals surface area contributed by atoms with E-state index < -0.39 is 5.97 Å². The summed E-state index contributed by atoms with van der Waals surface area (Å²) in [6.45, 7) is 1.63. The van der Waals surface area contributed by atoms with Crippen molar-refractivity contribution >= 4 is 34.1 Å². The van der Waals surface area contributed by atoms with E-state index in [4.69, 9.17) is 16.3 Å². The lowest BCUT2D eigenvalue weighted by Crippen LogP contribution is -2.27. The molecule has 0 unspecified atom stereocenters. The van der Waals surface area contributed by atoms with Gasteiger partial charge >= 0.3 is 5.97 Å². The highest BCUT2D eigenvalue weighted by atomic mass is 35.5. The van der Waals surface area contributed by atoms with Crippen LogP contribution in [0.2, 0.25) is 5.02 Å². The van der Waals surface area contributed by atoms with Gasteiger partial charge in [0.05, 0.1) is 24.9 Å². The Bertz CT molecular complexity index is 1390. The summed E-state index contributed by atoms with van der Waals surface area (Å²) in [7, 11) is 1.32. The second kappa shape index (κ2) is 8.81. The van der Waals surface area contributed by atoms with Crippen molar-refractivity contribution < 1.29 is 14.3 Å². The Balaban J connectivity index is 1.98. The molecular formula is C26H20ClNO4. The van der Waals surface area contributed by atoms with Crippen LogP contribution in [0.3, 0.4) is 0 Å². The number of methoxy groups -OCH3 is 1. The third kappa shape index (κ3) is 3.95. The van der Waals surface area contributed by atoms with E-state index in [0.29, 0.717) is 32.6 Å². The molecular weight excluding hydrogens is 426 g/mol. The number of rotatable bonds is 5. The van der Waals surface area contributed by atoms with Gasteiger partial charge in [-0.15, -0.1) is 0 Å². The lowest BCUT2D eigenvalue weighted by molar-refractivity contribution is 0.0600. The van der Waals surface area contributed by atoms with Gasteiger partial charge in [-0.2, -0.15) is 0 Å². The van der Waals surface area contributed by atoms with Crippen LogP contribution in [0, 0.1) is 0 Å². The molecule has 0 saturated carbocycles. The zero-order valence-electron chi connectivity index (χ0n) is 17.6. The van der Waals surface area contributed by atoms with E-state index in [2.05, 4.69) is 0 Å². The van der Waals surface area contributed by atoms with Crippen LogP contribution in [0.15, 0.2) is 77.6 Å². The number of halogens is 1. The average Bonchev–Trinajstić information content (AvgIpc) is 2.80. The molecule has 0 aliphatic heterocycles. The zero-order valence-corrected chi connectivity index (χ0v) is 18.3. The summed E-state index contributed by atoms with van der Waals surface area (Å²) in [5.74, 6) is -0.666. The molecule has 1 aromatic heterocycles. The SMILES string of the molecule is COC(=O)c1ccc(Cn2c(C(C)=O)c(-c3ccccc3)c3cc(Cl)ccc3c2=O)cc1. The fourth-order valence-corrected chi connectivity index (χ4v) is 4.05. The number of hydrogen-bond acceptors (Lipinski definition) is 4. The number of aromatic nitrogens is 1. The summed E-state index contributed by atoms with van der Waals surface area (Å²) >= 11 is 6.25. The minimum Gasteiger partial charge on any atom is -0.465 e. The normalized spacial score (nSPS) is 10.8. The molecule has 0 N–H and O–H groups in total. The monoisotopic (exact) mass is 445 g/mol. The third-order valence-corrected chi connectivity index (χ3v) is 5.58. The number of pyridine rings is 1. The van der Waals surface area contributed by atoms with Crippen molar-refractivity contribution in [1.29, 1.82) is 0 Å². The standard InChI is InChI=1S/C26H20ClNO4/c1-16(29)24-23(18-6-4-3-5-7-18)22-14-20(27)12-13-21(22)25(30)28(24)15-17-8-10-19(11-9-17)26(31)32-2/h3-14H,15H2,1-2H3. The molecule has 0 aliphatic carbocycles. The fraction of sp³-hybridized carbons (Fsp3) is 0.115. The molecule has 6 heteroatoms. The number of fused-ring (bicyclic) bond motifs is 1. The van der Waals surface area contributed by atoms with Crippen molar-refractivity contribution in [3.63, 3.8) is 0 Å². The fourth-order valence-electron chi connectivity index (χ4n) is 3.88. The molecule has 0 atom stereocenters. The van der Waals surface area contributed by atoms with Crippen LogP contribution in [0.1, 0.15) is 33.3 Å². The molecule has 1 heterocycles. The van der Waals surface area contributed by atoms with Crippen LogP contribution in [0.4, 0.5) is 0 Å². The summed E-state index contributed by atoms with van der Waals surface area (Å²) in [5.41, 5.74) is 2.70. The van der Waals surface area contributed by atoms with Gasteiger partial charge in [0.1, 0.15) is 0 Å². The molecule has 5 nitrogen and oxygen atoms in total. The molecule has 0 aliphatic rings. The molecule has 4 aromatic rings. The maximum Gasteiger partial charge on any atom is 0.337 e. The smallest absolute Gasteiger partial charge is 0.337 e. The lowest BCUT2D eigenvalue weighted by atomic mass is 9.95. The average molecular weight is 446 g/mol. The Morgan fingerprint density at radius 3 is 2.25 bits per heavy atom. The van der Waals surface area contributed by atoms with Gasteiger partial charge in [0.15, 0.2) is 5.78 Å². The highest BCUT2D eigenvalue weighted by molar-refractivity contribution is 6.31. The second-order valence-corrected chi connectivity index (χ2v) is 7.85. The maximum absolute atomic E-state index is 13.5. The van der Waals surface area contributed by atoms with E-state index in [1.54, 1.807) is 42.5 Å². The molecule has 4 rings (SSSR count). The molecule has 160 valence electrons. The number of ether oxygens (including phenoxy) is 1. The highest BCUT2D eigenvalue weighted by Crippen LogP contribution is 2.33. The number of nitrogens with zero attached hydrogens (tertiary/aromatic N) is 1. The summed E-state index contributed by atoms with van der Waals surface area (Å²) in [4.78, 5) is 38.1. The van der Waals surface area contributed by atoms with Gasteiger partial charge in [-0.25, -0.2) is 4.79 Å². The number of Topliss-reactive ketones (excluding diaryl/α,β-unsaturated/α-hetero) is 1. The number of hydrogen-bond donors (Lipinski definition) is 0. The number of esters is 1. The van der Waals surface area contributed by atoms with Crippen molar-refractivity contribution in [2.24, 2.45) is 0 Å². The Kier molecular flexibility index (Phi) is 5.93. The predicted molar refractivity (Wildman–Crippen MR) is 126 cm³/mol. The lowest BCUT2D eigenvalue weighted by Gasteiger charge is -2.19. The zero-order chi connectivity index (χ0) is 22.8. The highest BCUT2D eigenvalue weighted by Gasteiger charge is 2.21. The van der Waals surface area contributed by atoms with Crippen LogP contribution in [0.5, 0.6) is 0 Å². The van der Waals surface area contributed by atoms with Crippen molar-refractivity contribution in [3.05, 3.63) is 105 Å². The first kappa shape index (κ1) is 21.5. The molecule has 0 bridgehead atoms. The minimum atomic E-state index is -0.438. The van der Waals surface area contributed by atoms with Crippen LogP contribution in [-0.4, -0.2) is 23.4 Å². The largest absolute Gasteiger partial charge is 0.465 e. The van der Waals surface area contributed by atoms with Gasteiger partial charge in [-0.3, -0.25) is 14.2 Å². The Hall–Kier alpha value is -3.70. The van der Waals surface area contributed by atoms with Crippen molar-refractivity contribution in [1.82, 2.24) is 4.57 Å². The first-order valence-electron chi connectivity index (χ1n) is 10.0. The van der Waals surface area contributed by atoms with Gasteiger partial charge in [0, 0.05) is 22.9 Å². The maximum atomic E-state index is 13.5. The van der Waals surface area contributed by atoms with E-state index in [9.17, 15) is 14.4 Å². The first-order chi connectivity index (χ1) is 15.4. The van der Waals surface area contributed by atoms with E-state index in [1.165, 1.54) is 18.6 Å². The number of benzene rings is 3. The summed E-state index contributed by atoms with van der Waals surface area (Å²) < 4.78 is 6.23. The number of ketones is 1. The number of carbonyl (C=O) groups is 2. The van der Waals surface area contributed by atoms with Crippen LogP contribution in [0.25, 0.3) is 21.9 Å². The first-order valence-corrected chi connectivity index (χ1v) is 10.4. The number of carbonyl (C=O) groups excluding carboxylic acids is 2. The van der Waals surface area contributed by atoms with Gasteiger partial charge in [0.25, 0.3) is 5.56 Å². The predicted octanol–water partition coefficient (Wildman–Crippen LogP) is 5.36. The summed E-state index contributed by atoms with van der Waals surface area (Å²) in [6.07, 6.45) is 0. The molecule has 32 heavy (non-hydrogen) atoms. The van der Waals surface area contributed by atoms with Crippen LogP contribution < -0.4 is 5.56 Å². The van der Waals surface area contributed by atoms with Crippen LogP contribution in [-0.2, 0) is 11.3 Å². The Labute approximate surface area is 189 Å². The molecule has 0 amide bonds. The third-order valence-electron chi connectivity index (χ3n) is 5.34. The summed E-state index contributed by atoms with van der Waals surface area (Å²) in [5, 5.41) is 1.60. The van der Waals surface area contributed by atoms with Crippen molar-refractivity contribution in [3.8, 4) is 11.1 Å². The van der Waals surface area contributed by atoms with E-state index in [0.717, 1.165) is 11.1 Å². The quantitative estimate of drug-likeness (QED) is 0.306. The van der Waals surface area contributed by atoms with Crippen molar-refractivity contribution in [2.75, 3.05) is 7.11 Å². The molecule has 3 aromatic carbocycles. The topological polar surface area (TPSA) is 65.4 Å². The van der Waals surface area contributed by atoms with E-state index >= 15 is 0 Å². The van der Waals surface area contributed by atoms with E-state index in [-0.39, 0.29) is 17.9 Å². The second-order valence-electron chi connectivity index (χ2n) is 7.42. The van der Waals surface area contributed by atoms with Crippen molar-refractivity contribution in [2.45, 2.75) is 13.5 Å². The van der Waals surface area contributed by atoms with Gasteiger partial charge in [-0.1, -0.05) is 54.1 Å². The van der Waals surface area contributed by atoms with Gasteiger partial charge in [0.2, 0.25) is 0 Å². The Morgan fingerprint density at radius 2 is 1.62 bits per heavy atom. The minimum absolute atomic E-state index is 0.174. The Morgan fingerprint density at radius 1 is 0.938 bits per heavy atom. The van der Waals surface area contributed by atoms with Gasteiger partial charge in [-0.05, 0) is 46.8 Å². The molecule has 0 spiro atoms. The van der Waals surface area contributed by atoms with E-state index in [1.807, 2.05) is 30.3 Å². The van der Waals surface area contributed by atoms with Crippen LogP contribution >= 0.6 is 11.6 Å². The van der Waals surface area contributed by atoms with Gasteiger partial charge < -0.3 is 4.74 Å². The molecule has 0 radical (unpaired) electrons. The molecule has 0 fully saturated rings. The summed E-state index contributed by atoms with van der Waals surface area (Å²) in [6, 6.07) is 21.3.